The molecule has 1 aromatic rings. The fourth-order valence-electron chi connectivity index (χ4n) is 3.36. The van der Waals surface area contributed by atoms with Gasteiger partial charge in [0.05, 0.1) is 12.3 Å². The van der Waals surface area contributed by atoms with Gasteiger partial charge in [0.2, 0.25) is 0 Å². The number of hydrogen-bond acceptors (Lipinski definition) is 6. The highest BCUT2D eigenvalue weighted by molar-refractivity contribution is 8.00. The Labute approximate surface area is 130 Å². The maximum atomic E-state index is 12.5. The van der Waals surface area contributed by atoms with Crippen molar-refractivity contribution in [2.75, 3.05) is 5.75 Å². The maximum Gasteiger partial charge on any atom is 0.307 e. The van der Waals surface area contributed by atoms with Crippen LogP contribution in [-0.2, 0) is 16.0 Å². The van der Waals surface area contributed by atoms with Gasteiger partial charge in [0.15, 0.2) is 4.34 Å². The summed E-state index contributed by atoms with van der Waals surface area (Å²) in [7, 11) is 0. The van der Waals surface area contributed by atoms with Gasteiger partial charge in [-0.05, 0) is 24.0 Å². The first kappa shape index (κ1) is 14.7. The SMILES string of the molecule is CCSc1nnc(CC(=O)[C@@H]2[C@@H](C(=O)O)[C@H]3C=C[C@@H]2C3)s1. The minimum Gasteiger partial charge on any atom is -0.481 e. The first-order valence-corrected chi connectivity index (χ1v) is 8.79. The molecule has 112 valence electrons. The summed E-state index contributed by atoms with van der Waals surface area (Å²) in [6.45, 7) is 2.04. The van der Waals surface area contributed by atoms with Gasteiger partial charge in [0, 0.05) is 5.92 Å². The molecular weight excluding hydrogens is 308 g/mol. The van der Waals surface area contributed by atoms with Crippen LogP contribution in [0.15, 0.2) is 16.5 Å². The first-order chi connectivity index (χ1) is 10.1. The zero-order valence-electron chi connectivity index (χ0n) is 11.6. The Morgan fingerprint density at radius 2 is 2.05 bits per heavy atom. The van der Waals surface area contributed by atoms with Crippen molar-refractivity contribution in [1.29, 1.82) is 0 Å². The molecule has 0 spiro atoms. The molecule has 2 aliphatic carbocycles. The molecule has 0 saturated heterocycles. The van der Waals surface area contributed by atoms with Crippen molar-refractivity contribution in [3.63, 3.8) is 0 Å². The molecule has 7 heteroatoms. The number of carboxylic acid groups (broad SMARTS) is 1. The van der Waals surface area contributed by atoms with Gasteiger partial charge in [0.1, 0.15) is 10.8 Å². The Kier molecular flexibility index (Phi) is 4.12. The van der Waals surface area contributed by atoms with Crippen molar-refractivity contribution in [3.8, 4) is 0 Å². The number of ketones is 1. The van der Waals surface area contributed by atoms with E-state index in [0.717, 1.165) is 16.5 Å². The van der Waals surface area contributed by atoms with Crippen LogP contribution in [0.5, 0.6) is 0 Å². The molecule has 2 bridgehead atoms. The number of fused-ring (bicyclic) bond motifs is 2. The summed E-state index contributed by atoms with van der Waals surface area (Å²) < 4.78 is 0.864. The fraction of sp³-hybridized carbons (Fsp3) is 0.571. The average molecular weight is 324 g/mol. The molecule has 0 radical (unpaired) electrons. The first-order valence-electron chi connectivity index (χ1n) is 6.99. The predicted octanol–water partition coefficient (Wildman–Crippen LogP) is 2.28. The Morgan fingerprint density at radius 1 is 1.33 bits per heavy atom. The third-order valence-electron chi connectivity index (χ3n) is 4.16. The van der Waals surface area contributed by atoms with E-state index in [4.69, 9.17) is 0 Å². The topological polar surface area (TPSA) is 80.2 Å². The van der Waals surface area contributed by atoms with Crippen molar-refractivity contribution in [1.82, 2.24) is 10.2 Å². The van der Waals surface area contributed by atoms with Gasteiger partial charge in [-0.15, -0.1) is 10.2 Å². The average Bonchev–Trinajstić information content (AvgIpc) is 3.13. The van der Waals surface area contributed by atoms with Crippen molar-refractivity contribution < 1.29 is 14.7 Å². The Morgan fingerprint density at radius 3 is 2.71 bits per heavy atom. The zero-order chi connectivity index (χ0) is 15.0. The summed E-state index contributed by atoms with van der Waals surface area (Å²) >= 11 is 3.03. The van der Waals surface area contributed by atoms with Crippen LogP contribution in [0.3, 0.4) is 0 Å². The number of carbonyl (C=O) groups excluding carboxylic acids is 1. The quantitative estimate of drug-likeness (QED) is 0.639. The lowest BCUT2D eigenvalue weighted by molar-refractivity contribution is -0.147. The fourth-order valence-corrected chi connectivity index (χ4v) is 5.16. The molecule has 0 unspecified atom stereocenters. The molecule has 3 rings (SSSR count). The smallest absolute Gasteiger partial charge is 0.307 e. The third kappa shape index (κ3) is 2.76. The summed E-state index contributed by atoms with van der Waals surface area (Å²) in [5.41, 5.74) is 0. The number of hydrogen-bond donors (Lipinski definition) is 1. The van der Waals surface area contributed by atoms with Crippen molar-refractivity contribution >= 4 is 34.9 Å². The van der Waals surface area contributed by atoms with Gasteiger partial charge < -0.3 is 5.11 Å². The van der Waals surface area contributed by atoms with E-state index in [9.17, 15) is 14.7 Å². The number of aromatic nitrogens is 2. The molecule has 0 aliphatic heterocycles. The lowest BCUT2D eigenvalue weighted by atomic mass is 9.79. The van der Waals surface area contributed by atoms with E-state index < -0.39 is 17.8 Å². The van der Waals surface area contributed by atoms with Crippen LogP contribution >= 0.6 is 23.1 Å². The number of nitrogens with zero attached hydrogens (tertiary/aromatic N) is 2. The van der Waals surface area contributed by atoms with E-state index in [0.29, 0.717) is 5.01 Å². The summed E-state index contributed by atoms with van der Waals surface area (Å²) in [4.78, 5) is 24.0. The lowest BCUT2D eigenvalue weighted by Gasteiger charge is -2.23. The van der Waals surface area contributed by atoms with Gasteiger partial charge in [0.25, 0.3) is 0 Å². The molecule has 1 saturated carbocycles. The number of thioether (sulfide) groups is 1. The van der Waals surface area contributed by atoms with E-state index in [1.54, 1.807) is 11.8 Å². The number of carbonyl (C=O) groups is 2. The molecule has 1 fully saturated rings. The molecular formula is C14H16N2O3S2. The number of carboxylic acids is 1. The van der Waals surface area contributed by atoms with Crippen molar-refractivity contribution in [3.05, 3.63) is 17.2 Å². The summed E-state index contributed by atoms with van der Waals surface area (Å²) in [5, 5.41) is 18.1. The molecule has 4 atom stereocenters. The van der Waals surface area contributed by atoms with Crippen LogP contribution < -0.4 is 0 Å². The molecule has 2 aliphatic rings. The van der Waals surface area contributed by atoms with Crippen molar-refractivity contribution in [2.45, 2.75) is 24.1 Å². The Hall–Kier alpha value is -1.21. The molecule has 1 aromatic heterocycles. The highest BCUT2D eigenvalue weighted by Gasteiger charge is 2.51. The predicted molar refractivity (Wildman–Crippen MR) is 80.4 cm³/mol. The van der Waals surface area contributed by atoms with E-state index in [2.05, 4.69) is 10.2 Å². The van der Waals surface area contributed by atoms with Crippen molar-refractivity contribution in [2.24, 2.45) is 23.7 Å². The van der Waals surface area contributed by atoms with Crippen LogP contribution in [0.4, 0.5) is 0 Å². The van der Waals surface area contributed by atoms with E-state index in [1.165, 1.54) is 11.3 Å². The third-order valence-corrected chi connectivity index (χ3v) is 6.10. The molecule has 21 heavy (non-hydrogen) atoms. The van der Waals surface area contributed by atoms with Crippen LogP contribution in [0.25, 0.3) is 0 Å². The Bertz CT molecular complexity index is 599. The summed E-state index contributed by atoms with van der Waals surface area (Å²) in [6, 6.07) is 0. The normalized spacial score (nSPS) is 30.0. The lowest BCUT2D eigenvalue weighted by Crippen LogP contribution is -2.33. The van der Waals surface area contributed by atoms with Gasteiger partial charge in [-0.3, -0.25) is 9.59 Å². The molecule has 0 amide bonds. The number of Topliss-reactive ketones (excluding diaryl/α,β-unsaturated/α-hetero) is 1. The van der Waals surface area contributed by atoms with Gasteiger partial charge in [-0.25, -0.2) is 0 Å². The van der Waals surface area contributed by atoms with Crippen LogP contribution in [0, 0.1) is 23.7 Å². The monoisotopic (exact) mass is 324 g/mol. The maximum absolute atomic E-state index is 12.5. The minimum atomic E-state index is -0.857. The standard InChI is InChI=1S/C14H16N2O3S2/c1-2-20-14-16-15-10(21-14)6-9(17)11-7-3-4-8(5-7)12(11)13(18)19/h3-4,7-8,11-12H,2,5-6H2,1H3,(H,18,19)/t7-,8+,11-,12+/m1/s1. The van der Waals surface area contributed by atoms with Gasteiger partial charge >= 0.3 is 5.97 Å². The highest BCUT2D eigenvalue weighted by atomic mass is 32.2. The number of allylic oxidation sites excluding steroid dienone is 2. The molecule has 1 N–H and O–H groups in total. The molecule has 0 aromatic carbocycles. The van der Waals surface area contributed by atoms with E-state index in [-0.39, 0.29) is 24.0 Å². The van der Waals surface area contributed by atoms with Crippen LogP contribution in [0.1, 0.15) is 18.4 Å². The van der Waals surface area contributed by atoms with E-state index in [1.807, 2.05) is 19.1 Å². The van der Waals surface area contributed by atoms with Gasteiger partial charge in [-0.1, -0.05) is 42.2 Å². The second kappa shape index (κ2) is 5.88. The Balaban J connectivity index is 1.72. The van der Waals surface area contributed by atoms with E-state index >= 15 is 0 Å². The van der Waals surface area contributed by atoms with Gasteiger partial charge in [-0.2, -0.15) is 0 Å². The highest BCUT2D eigenvalue weighted by Crippen LogP contribution is 2.48. The zero-order valence-corrected chi connectivity index (χ0v) is 13.2. The largest absolute Gasteiger partial charge is 0.481 e. The molecule has 1 heterocycles. The summed E-state index contributed by atoms with van der Waals surface area (Å²) in [6.07, 6.45) is 4.95. The van der Waals surface area contributed by atoms with Crippen LogP contribution in [0.2, 0.25) is 0 Å². The summed E-state index contributed by atoms with van der Waals surface area (Å²) in [5.74, 6) is -0.814. The second-order valence-corrected chi connectivity index (χ2v) is 7.95. The minimum absolute atomic E-state index is 0.0107. The second-order valence-electron chi connectivity index (χ2n) is 5.38. The number of rotatable bonds is 6. The number of aliphatic carboxylic acids is 1. The van der Waals surface area contributed by atoms with Crippen LogP contribution in [-0.4, -0.2) is 32.8 Å². The molecule has 5 nitrogen and oxygen atoms in total.